The largest absolute Gasteiger partial charge is 0.323 e. The van der Waals surface area contributed by atoms with Gasteiger partial charge in [-0.15, -0.1) is 11.8 Å². The molecule has 156 valence electrons. The zero-order valence-electron chi connectivity index (χ0n) is 17.3. The summed E-state index contributed by atoms with van der Waals surface area (Å²) in [6.07, 6.45) is 1.79. The topological polar surface area (TPSA) is 75.5 Å². The highest BCUT2D eigenvalue weighted by atomic mass is 32.2. The van der Waals surface area contributed by atoms with Crippen molar-refractivity contribution in [2.75, 3.05) is 10.6 Å². The Morgan fingerprint density at radius 1 is 0.968 bits per heavy atom. The zero-order chi connectivity index (χ0) is 21.8. The molecule has 4 aromatic rings. The summed E-state index contributed by atoms with van der Waals surface area (Å²) in [4.78, 5) is 30.4. The number of benzene rings is 2. The van der Waals surface area contributed by atoms with Gasteiger partial charge >= 0.3 is 6.03 Å². The van der Waals surface area contributed by atoms with Crippen molar-refractivity contribution in [3.05, 3.63) is 100 Å². The van der Waals surface area contributed by atoms with Crippen LogP contribution in [0.4, 0.5) is 16.2 Å². The molecular weight excluding hydrogens is 408 g/mol. The number of aromatic nitrogens is 2. The van der Waals surface area contributed by atoms with Crippen LogP contribution in [0.25, 0.3) is 5.65 Å². The van der Waals surface area contributed by atoms with Gasteiger partial charge in [0.05, 0.1) is 11.4 Å². The molecule has 2 aromatic heterocycles. The second-order valence-electron chi connectivity index (χ2n) is 7.25. The monoisotopic (exact) mass is 430 g/mol. The Balaban J connectivity index is 1.47. The highest BCUT2D eigenvalue weighted by Gasteiger charge is 2.09. The molecule has 2 amide bonds. The molecule has 2 heterocycles. The van der Waals surface area contributed by atoms with E-state index in [0.717, 1.165) is 21.7 Å². The van der Waals surface area contributed by atoms with Gasteiger partial charge < -0.3 is 10.6 Å². The molecule has 2 aromatic carbocycles. The van der Waals surface area contributed by atoms with E-state index in [4.69, 9.17) is 0 Å². The first-order valence-electron chi connectivity index (χ1n) is 9.83. The average Bonchev–Trinajstić information content (AvgIpc) is 2.73. The number of thioether (sulfide) groups is 1. The summed E-state index contributed by atoms with van der Waals surface area (Å²) < 4.78 is 1.55. The summed E-state index contributed by atoms with van der Waals surface area (Å²) in [6.45, 7) is 3.91. The Labute approximate surface area is 184 Å². The molecule has 31 heavy (non-hydrogen) atoms. The third kappa shape index (κ3) is 5.13. The molecule has 0 saturated carbocycles. The number of urea groups is 1. The number of carbonyl (C=O) groups excluding carboxylic acids is 1. The number of aryl methyl sites for hydroxylation is 2. The molecule has 0 spiro atoms. The number of hydrogen-bond acceptors (Lipinski definition) is 4. The molecule has 0 unspecified atom stereocenters. The van der Waals surface area contributed by atoms with Gasteiger partial charge in [0.1, 0.15) is 5.65 Å². The predicted molar refractivity (Wildman–Crippen MR) is 126 cm³/mol. The Bertz CT molecular complexity index is 1320. The number of carbonyl (C=O) groups is 1. The number of hydrogen-bond donors (Lipinski definition) is 2. The summed E-state index contributed by atoms with van der Waals surface area (Å²) in [7, 11) is 0. The lowest BCUT2D eigenvalue weighted by Crippen LogP contribution is -2.19. The van der Waals surface area contributed by atoms with E-state index in [-0.39, 0.29) is 11.6 Å². The lowest BCUT2D eigenvalue weighted by molar-refractivity contribution is 0.262. The Hall–Kier alpha value is -3.58. The number of fused-ring (bicyclic) bond motifs is 1. The quantitative estimate of drug-likeness (QED) is 0.424. The van der Waals surface area contributed by atoms with Gasteiger partial charge in [0.15, 0.2) is 0 Å². The third-order valence-corrected chi connectivity index (χ3v) is 5.75. The first-order valence-corrected chi connectivity index (χ1v) is 10.8. The predicted octanol–water partition coefficient (Wildman–Crippen LogP) is 5.25. The highest BCUT2D eigenvalue weighted by molar-refractivity contribution is 7.98. The molecule has 0 atom stereocenters. The molecule has 6 nitrogen and oxygen atoms in total. The number of nitrogens with zero attached hydrogens (tertiary/aromatic N) is 2. The van der Waals surface area contributed by atoms with Gasteiger partial charge in [0.25, 0.3) is 5.56 Å². The number of pyridine rings is 1. The van der Waals surface area contributed by atoms with Gasteiger partial charge in [-0.2, -0.15) is 0 Å². The van der Waals surface area contributed by atoms with E-state index in [1.165, 1.54) is 11.8 Å². The van der Waals surface area contributed by atoms with Crippen molar-refractivity contribution in [1.29, 1.82) is 0 Å². The lowest BCUT2D eigenvalue weighted by atomic mass is 10.2. The van der Waals surface area contributed by atoms with Gasteiger partial charge in [-0.25, -0.2) is 9.78 Å². The van der Waals surface area contributed by atoms with E-state index < -0.39 is 0 Å². The van der Waals surface area contributed by atoms with Crippen molar-refractivity contribution in [2.24, 2.45) is 0 Å². The van der Waals surface area contributed by atoms with Crippen LogP contribution < -0.4 is 16.2 Å². The molecule has 7 heteroatoms. The van der Waals surface area contributed by atoms with E-state index in [9.17, 15) is 9.59 Å². The van der Waals surface area contributed by atoms with Crippen LogP contribution in [-0.4, -0.2) is 15.4 Å². The first kappa shape index (κ1) is 20.7. The molecule has 0 aliphatic heterocycles. The van der Waals surface area contributed by atoms with Crippen LogP contribution in [0.15, 0.2) is 82.6 Å². The Morgan fingerprint density at radius 3 is 2.65 bits per heavy atom. The molecule has 2 N–H and O–H groups in total. The molecule has 0 saturated heterocycles. The van der Waals surface area contributed by atoms with Gasteiger partial charge in [0.2, 0.25) is 0 Å². The minimum Gasteiger partial charge on any atom is -0.308 e. The molecule has 0 bridgehead atoms. The number of para-hydroxylation sites is 1. The fourth-order valence-corrected chi connectivity index (χ4v) is 4.09. The zero-order valence-corrected chi connectivity index (χ0v) is 18.1. The van der Waals surface area contributed by atoms with E-state index in [1.807, 2.05) is 74.5 Å². The molecule has 0 fully saturated rings. The van der Waals surface area contributed by atoms with Gasteiger partial charge in [-0.05, 0) is 55.3 Å². The van der Waals surface area contributed by atoms with Gasteiger partial charge in [0, 0.05) is 28.6 Å². The fourth-order valence-electron chi connectivity index (χ4n) is 3.19. The van der Waals surface area contributed by atoms with E-state index >= 15 is 0 Å². The summed E-state index contributed by atoms with van der Waals surface area (Å²) >= 11 is 1.52. The lowest BCUT2D eigenvalue weighted by Gasteiger charge is -2.12. The minimum atomic E-state index is -0.309. The summed E-state index contributed by atoms with van der Waals surface area (Å²) in [5.41, 5.74) is 4.72. The van der Waals surface area contributed by atoms with Crippen molar-refractivity contribution >= 4 is 34.8 Å². The second kappa shape index (κ2) is 9.06. The SMILES string of the molecule is Cc1cccc(NC(=O)Nc2ccccc2SCc2cc(=O)n3cc(C)ccc3n2)c1. The Morgan fingerprint density at radius 2 is 1.81 bits per heavy atom. The van der Waals surface area contributed by atoms with Crippen molar-refractivity contribution in [3.8, 4) is 0 Å². The Kier molecular flexibility index (Phi) is 6.04. The van der Waals surface area contributed by atoms with Crippen LogP contribution in [0.1, 0.15) is 16.8 Å². The second-order valence-corrected chi connectivity index (χ2v) is 8.27. The van der Waals surface area contributed by atoms with E-state index in [1.54, 1.807) is 16.7 Å². The average molecular weight is 431 g/mol. The molecular formula is C24H22N4O2S. The van der Waals surface area contributed by atoms with Gasteiger partial charge in [-0.3, -0.25) is 9.20 Å². The highest BCUT2D eigenvalue weighted by Crippen LogP contribution is 2.29. The molecule has 4 rings (SSSR count). The maximum atomic E-state index is 12.5. The van der Waals surface area contributed by atoms with Crippen LogP contribution >= 0.6 is 11.8 Å². The number of amides is 2. The van der Waals surface area contributed by atoms with Crippen molar-refractivity contribution in [3.63, 3.8) is 0 Å². The van der Waals surface area contributed by atoms with Crippen LogP contribution in [0, 0.1) is 13.8 Å². The number of rotatable bonds is 5. The van der Waals surface area contributed by atoms with Gasteiger partial charge in [-0.1, -0.05) is 30.3 Å². The standard InChI is InChI=1S/C24H22N4O2S/c1-16-6-5-7-18(12-16)26-24(30)27-20-8-3-4-9-21(20)31-15-19-13-23(29)28-14-17(2)10-11-22(28)25-19/h3-14H,15H2,1-2H3,(H2,26,27,30). The normalized spacial score (nSPS) is 10.8. The fraction of sp³-hybridized carbons (Fsp3) is 0.125. The van der Waals surface area contributed by atoms with Crippen molar-refractivity contribution < 1.29 is 4.79 Å². The molecule has 0 radical (unpaired) electrons. The number of anilines is 2. The van der Waals surface area contributed by atoms with E-state index in [0.29, 0.717) is 22.8 Å². The first-order chi connectivity index (χ1) is 15.0. The van der Waals surface area contributed by atoms with Crippen LogP contribution in [0.3, 0.4) is 0 Å². The summed E-state index contributed by atoms with van der Waals surface area (Å²) in [6, 6.07) is 20.2. The summed E-state index contributed by atoms with van der Waals surface area (Å²) in [5.74, 6) is 0.512. The third-order valence-electron chi connectivity index (χ3n) is 4.65. The van der Waals surface area contributed by atoms with Crippen molar-refractivity contribution in [1.82, 2.24) is 9.38 Å². The van der Waals surface area contributed by atoms with Crippen LogP contribution in [0.5, 0.6) is 0 Å². The maximum Gasteiger partial charge on any atom is 0.323 e. The van der Waals surface area contributed by atoms with Crippen LogP contribution in [0.2, 0.25) is 0 Å². The smallest absolute Gasteiger partial charge is 0.308 e. The van der Waals surface area contributed by atoms with E-state index in [2.05, 4.69) is 15.6 Å². The minimum absolute atomic E-state index is 0.103. The summed E-state index contributed by atoms with van der Waals surface area (Å²) in [5, 5.41) is 5.75. The number of nitrogens with one attached hydrogen (secondary N) is 2. The maximum absolute atomic E-state index is 12.5. The molecule has 0 aliphatic rings. The molecule has 0 aliphatic carbocycles. The van der Waals surface area contributed by atoms with Crippen LogP contribution in [-0.2, 0) is 5.75 Å². The van der Waals surface area contributed by atoms with Crippen molar-refractivity contribution in [2.45, 2.75) is 24.5 Å².